The van der Waals surface area contributed by atoms with Crippen molar-refractivity contribution in [3.8, 4) is 11.3 Å². The second-order valence-electron chi connectivity index (χ2n) is 15.6. The van der Waals surface area contributed by atoms with Crippen molar-refractivity contribution in [3.63, 3.8) is 0 Å². The number of aromatic nitrogens is 1. The molecule has 0 aliphatic rings. The molecular formula is C47H56IrNO3-. The van der Waals surface area contributed by atoms with Crippen molar-refractivity contribution in [3.05, 3.63) is 101 Å². The number of nitrogens with zero attached hydrogens (tertiary/aromatic N) is 1. The summed E-state index contributed by atoms with van der Waals surface area (Å²) < 4.78 is 6.57. The van der Waals surface area contributed by atoms with Gasteiger partial charge in [0.2, 0.25) is 0 Å². The summed E-state index contributed by atoms with van der Waals surface area (Å²) in [7, 11) is 0. The van der Waals surface area contributed by atoms with Crippen LogP contribution in [0.4, 0.5) is 0 Å². The molecule has 0 aliphatic heterocycles. The SMILES string of the molecule is CCC(CC)C(=O)/C=C(\O)C(CC)CC.Cc1ccc2nc(-c3[c-]c4ccccc4c(C(C)(C)C)c3)c3c4cc(CC(C)C)ccc4oc3c2c1.[Ir]. The van der Waals surface area contributed by atoms with Gasteiger partial charge in [0, 0.05) is 59.9 Å². The summed E-state index contributed by atoms with van der Waals surface area (Å²) in [5, 5.41) is 15.4. The summed E-state index contributed by atoms with van der Waals surface area (Å²) in [6.45, 7) is 21.5. The zero-order chi connectivity index (χ0) is 37.0. The molecule has 0 fully saturated rings. The van der Waals surface area contributed by atoms with Gasteiger partial charge < -0.3 is 9.52 Å². The van der Waals surface area contributed by atoms with Crippen LogP contribution in [0.2, 0.25) is 0 Å². The number of rotatable bonds is 10. The third-order valence-electron chi connectivity index (χ3n) is 10.2. The van der Waals surface area contributed by atoms with Crippen LogP contribution in [0, 0.1) is 30.7 Å². The van der Waals surface area contributed by atoms with E-state index < -0.39 is 0 Å². The average molecular weight is 875 g/mol. The Kier molecular flexibility index (Phi) is 13.7. The van der Waals surface area contributed by atoms with Gasteiger partial charge in [0.1, 0.15) is 11.2 Å². The predicted octanol–water partition coefficient (Wildman–Crippen LogP) is 13.4. The average Bonchev–Trinajstić information content (AvgIpc) is 3.47. The van der Waals surface area contributed by atoms with E-state index in [4.69, 9.17) is 9.40 Å². The van der Waals surface area contributed by atoms with E-state index in [1.54, 1.807) is 0 Å². The Morgan fingerprint density at radius 2 is 1.54 bits per heavy atom. The molecule has 2 aromatic heterocycles. The van der Waals surface area contributed by atoms with Crippen molar-refractivity contribution in [2.75, 3.05) is 0 Å². The monoisotopic (exact) mass is 875 g/mol. The van der Waals surface area contributed by atoms with Crippen LogP contribution in [0.1, 0.15) is 105 Å². The molecule has 0 spiro atoms. The number of aliphatic hydroxyl groups is 1. The molecular weight excluding hydrogens is 819 g/mol. The number of carbonyl (C=O) groups excluding carboxylic acids is 1. The molecule has 0 saturated heterocycles. The second kappa shape index (κ2) is 17.4. The summed E-state index contributed by atoms with van der Waals surface area (Å²) in [6.07, 6.45) is 5.94. The smallest absolute Gasteiger partial charge is 0.162 e. The normalized spacial score (nSPS) is 12.3. The summed E-state index contributed by atoms with van der Waals surface area (Å²) >= 11 is 0. The maximum absolute atomic E-state index is 11.7. The van der Waals surface area contributed by atoms with Crippen LogP contribution in [-0.4, -0.2) is 15.9 Å². The first-order valence-corrected chi connectivity index (χ1v) is 18.9. The largest absolute Gasteiger partial charge is 0.512 e. The van der Waals surface area contributed by atoms with Gasteiger partial charge in [0.15, 0.2) is 5.78 Å². The van der Waals surface area contributed by atoms with Crippen LogP contribution < -0.4 is 0 Å². The maximum atomic E-state index is 11.7. The van der Waals surface area contributed by atoms with Crippen molar-refractivity contribution in [2.45, 2.75) is 107 Å². The fraction of sp³-hybridized carbons (Fsp3) is 0.404. The topological polar surface area (TPSA) is 63.3 Å². The van der Waals surface area contributed by atoms with Gasteiger partial charge in [-0.05, 0) is 80.2 Å². The predicted molar refractivity (Wildman–Crippen MR) is 217 cm³/mol. The van der Waals surface area contributed by atoms with Crippen molar-refractivity contribution < 1.29 is 34.4 Å². The molecule has 0 aliphatic carbocycles. The molecule has 6 aromatic rings. The summed E-state index contributed by atoms with van der Waals surface area (Å²) in [5.41, 5.74) is 8.55. The van der Waals surface area contributed by atoms with Gasteiger partial charge in [-0.1, -0.05) is 109 Å². The van der Waals surface area contributed by atoms with Crippen LogP contribution in [-0.2, 0) is 36.7 Å². The van der Waals surface area contributed by atoms with Gasteiger partial charge in [-0.3, -0.25) is 9.78 Å². The number of aryl methyl sites for hydroxylation is 1. The molecule has 277 valence electrons. The van der Waals surface area contributed by atoms with E-state index in [-0.39, 0.29) is 48.9 Å². The minimum absolute atomic E-state index is 0. The molecule has 6 rings (SSSR count). The summed E-state index contributed by atoms with van der Waals surface area (Å²) in [5.74, 6) is 1.14. The fourth-order valence-corrected chi connectivity index (χ4v) is 7.23. The van der Waals surface area contributed by atoms with Crippen LogP contribution >= 0.6 is 0 Å². The third-order valence-corrected chi connectivity index (χ3v) is 10.2. The van der Waals surface area contributed by atoms with E-state index in [0.29, 0.717) is 5.92 Å². The molecule has 1 radical (unpaired) electrons. The number of pyridine rings is 1. The Balaban J connectivity index is 0.000000323. The minimum atomic E-state index is -0.0145. The third kappa shape index (κ3) is 8.87. The quantitative estimate of drug-likeness (QED) is 0.0846. The number of carbonyl (C=O) groups is 1. The molecule has 4 aromatic carbocycles. The Hall–Kier alpha value is -3.79. The van der Waals surface area contributed by atoms with Crippen LogP contribution in [0.3, 0.4) is 0 Å². The number of fused-ring (bicyclic) bond motifs is 6. The van der Waals surface area contributed by atoms with E-state index in [9.17, 15) is 9.90 Å². The number of ketones is 1. The van der Waals surface area contributed by atoms with Gasteiger partial charge in [-0.25, -0.2) is 0 Å². The molecule has 2 heterocycles. The zero-order valence-electron chi connectivity index (χ0n) is 32.7. The Morgan fingerprint density at radius 1 is 0.865 bits per heavy atom. The van der Waals surface area contributed by atoms with E-state index >= 15 is 0 Å². The molecule has 4 nitrogen and oxygen atoms in total. The minimum Gasteiger partial charge on any atom is -0.512 e. The maximum Gasteiger partial charge on any atom is 0.162 e. The molecule has 0 unspecified atom stereocenters. The second-order valence-corrected chi connectivity index (χ2v) is 15.6. The number of aliphatic hydroxyl groups excluding tert-OH is 1. The van der Waals surface area contributed by atoms with Crippen molar-refractivity contribution >= 4 is 49.4 Å². The summed E-state index contributed by atoms with van der Waals surface area (Å²) in [4.78, 5) is 17.0. The van der Waals surface area contributed by atoms with E-state index in [1.807, 2.05) is 27.7 Å². The molecule has 0 atom stereocenters. The Morgan fingerprint density at radius 3 is 2.17 bits per heavy atom. The summed E-state index contributed by atoms with van der Waals surface area (Å²) in [6, 6.07) is 27.6. The number of furan rings is 1. The number of allylic oxidation sites excluding steroid dienone is 2. The number of hydrogen-bond donors (Lipinski definition) is 1. The Bertz CT molecular complexity index is 2190. The van der Waals surface area contributed by atoms with E-state index in [1.165, 1.54) is 28.2 Å². The van der Waals surface area contributed by atoms with Crippen molar-refractivity contribution in [1.82, 2.24) is 4.98 Å². The molecule has 52 heavy (non-hydrogen) atoms. The van der Waals surface area contributed by atoms with Gasteiger partial charge in [-0.2, -0.15) is 0 Å². The fourth-order valence-electron chi connectivity index (χ4n) is 7.23. The van der Waals surface area contributed by atoms with Gasteiger partial charge in [-0.15, -0.1) is 29.1 Å². The zero-order valence-corrected chi connectivity index (χ0v) is 35.1. The molecule has 5 heteroatoms. The van der Waals surface area contributed by atoms with Gasteiger partial charge in [0.05, 0.1) is 11.3 Å². The molecule has 0 saturated carbocycles. The number of hydrogen-bond acceptors (Lipinski definition) is 4. The molecule has 0 bridgehead atoms. The molecule has 1 N–H and O–H groups in total. The van der Waals surface area contributed by atoms with Crippen molar-refractivity contribution in [2.24, 2.45) is 17.8 Å². The molecule has 0 amide bonds. The first kappa shape index (κ1) is 41.0. The van der Waals surface area contributed by atoms with Gasteiger partial charge in [0.25, 0.3) is 0 Å². The van der Waals surface area contributed by atoms with E-state index in [0.717, 1.165) is 81.6 Å². The first-order chi connectivity index (χ1) is 24.3. The van der Waals surface area contributed by atoms with Crippen LogP contribution in [0.5, 0.6) is 0 Å². The van der Waals surface area contributed by atoms with Gasteiger partial charge >= 0.3 is 0 Å². The Labute approximate surface area is 324 Å². The van der Waals surface area contributed by atoms with Crippen LogP contribution in [0.25, 0.3) is 54.9 Å². The van der Waals surface area contributed by atoms with Crippen molar-refractivity contribution in [1.29, 1.82) is 0 Å². The first-order valence-electron chi connectivity index (χ1n) is 18.9. The van der Waals surface area contributed by atoms with E-state index in [2.05, 4.69) is 114 Å². The standard InChI is InChI=1S/C34H32NO.C13H24O2.Ir/c1-20(2)15-22-12-14-30-27(17-22)31-32(35-29-13-11-21(3)16-26(29)33(31)36-30)24-18-23-9-7-8-10-25(23)28(19-24)34(4,5)6;1-5-10(6-2)12(14)9-13(15)11(7-3)8-4;/h7-14,16-17,19-20H,15H2,1-6H3;9-11,14H,5-8H2,1-4H3;/q-1;;/b;12-9-;. The number of benzene rings is 4. The van der Waals surface area contributed by atoms with Crippen LogP contribution in [0.15, 0.2) is 83.0 Å².